The molecule has 1 fully saturated rings. The number of piperazine rings is 1. The highest BCUT2D eigenvalue weighted by atomic mass is 19.1. The molecule has 0 aromatic heterocycles. The van der Waals surface area contributed by atoms with E-state index in [-0.39, 0.29) is 11.9 Å². The number of benzene rings is 3. The summed E-state index contributed by atoms with van der Waals surface area (Å²) in [6.07, 6.45) is 0. The predicted molar refractivity (Wildman–Crippen MR) is 96.6 cm³/mol. The van der Waals surface area contributed by atoms with Gasteiger partial charge in [0.15, 0.2) is 0 Å². The highest BCUT2D eigenvalue weighted by Gasteiger charge is 2.25. The first-order chi connectivity index (χ1) is 11.8. The minimum Gasteiger partial charge on any atom is -0.314 e. The lowest BCUT2D eigenvalue weighted by molar-refractivity contribution is 0.199. The van der Waals surface area contributed by atoms with Crippen LogP contribution in [0.3, 0.4) is 0 Å². The molecule has 0 amide bonds. The number of hydrogen-bond donors (Lipinski definition) is 1. The zero-order valence-electron chi connectivity index (χ0n) is 13.6. The van der Waals surface area contributed by atoms with Gasteiger partial charge in [0, 0.05) is 26.2 Å². The fourth-order valence-corrected chi connectivity index (χ4v) is 3.66. The first-order valence-electron chi connectivity index (χ1n) is 8.51. The number of rotatable bonds is 3. The molecule has 3 aromatic rings. The molecular formula is C21H21FN2. The van der Waals surface area contributed by atoms with E-state index >= 15 is 0 Å². The molecule has 1 aliphatic heterocycles. The van der Waals surface area contributed by atoms with Crippen LogP contribution in [0.25, 0.3) is 10.8 Å². The molecule has 1 saturated heterocycles. The van der Waals surface area contributed by atoms with Crippen LogP contribution in [-0.4, -0.2) is 31.1 Å². The van der Waals surface area contributed by atoms with E-state index in [0.29, 0.717) is 0 Å². The highest BCUT2D eigenvalue weighted by Crippen LogP contribution is 2.33. The van der Waals surface area contributed by atoms with Crippen molar-refractivity contribution in [3.8, 4) is 0 Å². The molecule has 24 heavy (non-hydrogen) atoms. The van der Waals surface area contributed by atoms with Crippen LogP contribution in [0.4, 0.5) is 4.39 Å². The molecule has 0 spiro atoms. The quantitative estimate of drug-likeness (QED) is 0.785. The van der Waals surface area contributed by atoms with Gasteiger partial charge >= 0.3 is 0 Å². The summed E-state index contributed by atoms with van der Waals surface area (Å²) in [7, 11) is 0. The summed E-state index contributed by atoms with van der Waals surface area (Å²) < 4.78 is 13.4. The topological polar surface area (TPSA) is 15.3 Å². The minimum absolute atomic E-state index is 0.152. The van der Waals surface area contributed by atoms with Gasteiger partial charge in [-0.25, -0.2) is 4.39 Å². The fraction of sp³-hybridized carbons (Fsp3) is 0.238. The average Bonchev–Trinajstić information content (AvgIpc) is 2.65. The lowest BCUT2D eigenvalue weighted by Gasteiger charge is -2.36. The summed E-state index contributed by atoms with van der Waals surface area (Å²) in [5.74, 6) is -0.185. The van der Waals surface area contributed by atoms with Gasteiger partial charge in [0.25, 0.3) is 0 Å². The molecule has 1 atom stereocenters. The Hall–Kier alpha value is -2.23. The third-order valence-corrected chi connectivity index (χ3v) is 4.82. The normalized spacial score (nSPS) is 17.0. The monoisotopic (exact) mass is 320 g/mol. The molecule has 1 aliphatic rings. The van der Waals surface area contributed by atoms with Crippen molar-refractivity contribution in [2.75, 3.05) is 26.2 Å². The molecule has 0 bridgehead atoms. The van der Waals surface area contributed by atoms with E-state index in [9.17, 15) is 4.39 Å². The van der Waals surface area contributed by atoms with Crippen molar-refractivity contribution in [2.24, 2.45) is 0 Å². The second kappa shape index (κ2) is 6.71. The largest absolute Gasteiger partial charge is 0.314 e. The molecular weight excluding hydrogens is 299 g/mol. The van der Waals surface area contributed by atoms with Crippen LogP contribution in [0.5, 0.6) is 0 Å². The van der Waals surface area contributed by atoms with Crippen LogP contribution in [0.2, 0.25) is 0 Å². The molecule has 1 N–H and O–H groups in total. The van der Waals surface area contributed by atoms with E-state index in [2.05, 4.69) is 52.7 Å². The van der Waals surface area contributed by atoms with Crippen LogP contribution in [-0.2, 0) is 0 Å². The summed E-state index contributed by atoms with van der Waals surface area (Å²) in [5.41, 5.74) is 2.44. The van der Waals surface area contributed by atoms with E-state index < -0.39 is 0 Å². The molecule has 0 saturated carbocycles. The predicted octanol–water partition coefficient (Wildman–Crippen LogP) is 3.97. The van der Waals surface area contributed by atoms with E-state index in [0.717, 1.165) is 31.7 Å². The Bertz CT molecular complexity index is 817. The SMILES string of the molecule is Fc1ccc(C(c2cccc3ccccc23)N2CCNCC2)cc1. The van der Waals surface area contributed by atoms with Gasteiger partial charge in [-0.3, -0.25) is 4.90 Å². The molecule has 0 radical (unpaired) electrons. The second-order valence-electron chi connectivity index (χ2n) is 6.31. The van der Waals surface area contributed by atoms with Crippen molar-refractivity contribution in [2.45, 2.75) is 6.04 Å². The third kappa shape index (κ3) is 2.93. The van der Waals surface area contributed by atoms with Gasteiger partial charge in [-0.1, -0.05) is 54.6 Å². The van der Waals surface area contributed by atoms with Crippen LogP contribution < -0.4 is 5.32 Å². The standard InChI is InChI=1S/C21H21FN2/c22-18-10-8-17(9-11-18)21(24-14-12-23-13-15-24)20-7-3-5-16-4-1-2-6-19(16)20/h1-11,21,23H,12-15H2. The second-order valence-corrected chi connectivity index (χ2v) is 6.31. The molecule has 0 aliphatic carbocycles. The molecule has 3 aromatic carbocycles. The van der Waals surface area contributed by atoms with Gasteiger partial charge in [0.1, 0.15) is 5.82 Å². The van der Waals surface area contributed by atoms with Crippen molar-refractivity contribution < 1.29 is 4.39 Å². The number of fused-ring (bicyclic) bond motifs is 1. The van der Waals surface area contributed by atoms with Gasteiger partial charge in [-0.2, -0.15) is 0 Å². The summed E-state index contributed by atoms with van der Waals surface area (Å²) in [5, 5.41) is 5.94. The Morgan fingerprint density at radius 1 is 0.833 bits per heavy atom. The zero-order valence-corrected chi connectivity index (χ0v) is 13.6. The summed E-state index contributed by atoms with van der Waals surface area (Å²) >= 11 is 0. The van der Waals surface area contributed by atoms with Crippen molar-refractivity contribution in [3.63, 3.8) is 0 Å². The number of halogens is 1. The van der Waals surface area contributed by atoms with E-state index in [1.54, 1.807) is 12.1 Å². The van der Waals surface area contributed by atoms with Crippen LogP contribution in [0.1, 0.15) is 17.2 Å². The Kier molecular flexibility index (Phi) is 4.28. The van der Waals surface area contributed by atoms with Crippen LogP contribution in [0.15, 0.2) is 66.7 Å². The van der Waals surface area contributed by atoms with Crippen LogP contribution >= 0.6 is 0 Å². The van der Waals surface area contributed by atoms with Gasteiger partial charge in [-0.05, 0) is 34.0 Å². The lowest BCUT2D eigenvalue weighted by atomic mass is 9.92. The average molecular weight is 320 g/mol. The summed E-state index contributed by atoms with van der Waals surface area (Å²) in [6, 6.07) is 22.1. The minimum atomic E-state index is -0.185. The summed E-state index contributed by atoms with van der Waals surface area (Å²) in [6.45, 7) is 3.96. The molecule has 3 heteroatoms. The maximum absolute atomic E-state index is 13.4. The van der Waals surface area contributed by atoms with Gasteiger partial charge in [0.2, 0.25) is 0 Å². The van der Waals surface area contributed by atoms with Gasteiger partial charge in [0.05, 0.1) is 6.04 Å². The van der Waals surface area contributed by atoms with Crippen molar-refractivity contribution in [1.29, 1.82) is 0 Å². The third-order valence-electron chi connectivity index (χ3n) is 4.82. The van der Waals surface area contributed by atoms with E-state index in [4.69, 9.17) is 0 Å². The Morgan fingerprint density at radius 2 is 1.54 bits per heavy atom. The number of nitrogens with one attached hydrogen (secondary N) is 1. The highest BCUT2D eigenvalue weighted by molar-refractivity contribution is 5.86. The lowest BCUT2D eigenvalue weighted by Crippen LogP contribution is -2.45. The van der Waals surface area contributed by atoms with E-state index in [1.165, 1.54) is 16.3 Å². The Morgan fingerprint density at radius 3 is 2.33 bits per heavy atom. The number of nitrogens with zero attached hydrogens (tertiary/aromatic N) is 1. The van der Waals surface area contributed by atoms with Gasteiger partial charge in [-0.15, -0.1) is 0 Å². The van der Waals surface area contributed by atoms with Gasteiger partial charge < -0.3 is 5.32 Å². The molecule has 1 unspecified atom stereocenters. The Balaban J connectivity index is 1.86. The fourth-order valence-electron chi connectivity index (χ4n) is 3.66. The molecule has 122 valence electrons. The Labute approximate surface area is 141 Å². The van der Waals surface area contributed by atoms with Crippen molar-refractivity contribution in [1.82, 2.24) is 10.2 Å². The molecule has 4 rings (SSSR count). The summed E-state index contributed by atoms with van der Waals surface area (Å²) in [4.78, 5) is 2.49. The number of hydrogen-bond acceptors (Lipinski definition) is 2. The first-order valence-corrected chi connectivity index (χ1v) is 8.51. The van der Waals surface area contributed by atoms with Crippen molar-refractivity contribution >= 4 is 10.8 Å². The molecule has 1 heterocycles. The van der Waals surface area contributed by atoms with Crippen molar-refractivity contribution in [3.05, 3.63) is 83.7 Å². The zero-order chi connectivity index (χ0) is 16.4. The van der Waals surface area contributed by atoms with Crippen LogP contribution in [0, 0.1) is 5.82 Å². The van der Waals surface area contributed by atoms with E-state index in [1.807, 2.05) is 12.1 Å². The maximum Gasteiger partial charge on any atom is 0.123 e. The molecule has 2 nitrogen and oxygen atoms in total. The first kappa shape index (κ1) is 15.3. The smallest absolute Gasteiger partial charge is 0.123 e. The maximum atomic E-state index is 13.4.